The molecule has 0 aliphatic carbocycles. The molecule has 54 valence electrons. The molecular formula is C6H13NOS. The molecule has 0 fully saturated rings. The normalized spacial score (nSPS) is 15.1. The van der Waals surface area contributed by atoms with Gasteiger partial charge in [0.1, 0.15) is 0 Å². The molecule has 2 nitrogen and oxygen atoms in total. The fraction of sp³-hybridized carbons (Fsp3) is 0.833. The Kier molecular flexibility index (Phi) is 2.58. The summed E-state index contributed by atoms with van der Waals surface area (Å²) in [6, 6.07) is 0. The van der Waals surface area contributed by atoms with Crippen LogP contribution in [0.5, 0.6) is 0 Å². The molecule has 0 spiro atoms. The Morgan fingerprint density at radius 1 is 1.67 bits per heavy atom. The van der Waals surface area contributed by atoms with Gasteiger partial charge in [-0.3, -0.25) is 0 Å². The third kappa shape index (κ3) is 1.91. The van der Waals surface area contributed by atoms with Crippen molar-refractivity contribution in [1.29, 1.82) is 0 Å². The van der Waals surface area contributed by atoms with E-state index in [1.54, 1.807) is 6.92 Å². The maximum Gasteiger partial charge on any atom is 0.0810 e. The smallest absolute Gasteiger partial charge is 0.0810 e. The lowest BCUT2D eigenvalue weighted by Crippen LogP contribution is -2.38. The van der Waals surface area contributed by atoms with E-state index in [1.807, 2.05) is 13.8 Å². The number of hydrogen-bond acceptors (Lipinski definition) is 2. The largest absolute Gasteiger partial charge is 0.393 e. The van der Waals surface area contributed by atoms with E-state index in [0.717, 1.165) is 0 Å². The summed E-state index contributed by atoms with van der Waals surface area (Å²) < 4.78 is 0. The standard InChI is InChI=1S/C6H13NOS/c1-4(8)6(2,3)5(7)9/h4,8H,1-3H3,(H2,7,9). The van der Waals surface area contributed by atoms with Crippen molar-refractivity contribution in [3.8, 4) is 0 Å². The first kappa shape index (κ1) is 8.85. The molecule has 9 heavy (non-hydrogen) atoms. The highest BCUT2D eigenvalue weighted by molar-refractivity contribution is 7.80. The zero-order chi connectivity index (χ0) is 7.65. The van der Waals surface area contributed by atoms with E-state index in [0.29, 0.717) is 4.99 Å². The van der Waals surface area contributed by atoms with E-state index in [9.17, 15) is 0 Å². The number of rotatable bonds is 2. The quantitative estimate of drug-likeness (QED) is 0.565. The Labute approximate surface area is 61.1 Å². The predicted octanol–water partition coefficient (Wildman–Crippen LogP) is 0.679. The average Bonchev–Trinajstić information content (AvgIpc) is 1.65. The van der Waals surface area contributed by atoms with Gasteiger partial charge in [0.05, 0.1) is 11.1 Å². The molecule has 1 unspecified atom stereocenters. The molecule has 0 rings (SSSR count). The average molecular weight is 147 g/mol. The predicted molar refractivity (Wildman–Crippen MR) is 42.2 cm³/mol. The maximum absolute atomic E-state index is 9.08. The van der Waals surface area contributed by atoms with E-state index in [1.165, 1.54) is 0 Å². The molecule has 3 N–H and O–H groups in total. The van der Waals surface area contributed by atoms with Gasteiger partial charge in [0.15, 0.2) is 0 Å². The molecular weight excluding hydrogens is 134 g/mol. The van der Waals surface area contributed by atoms with E-state index in [2.05, 4.69) is 0 Å². The van der Waals surface area contributed by atoms with Gasteiger partial charge in [-0.15, -0.1) is 0 Å². The molecule has 0 heterocycles. The summed E-state index contributed by atoms with van der Waals surface area (Å²) >= 11 is 4.73. The van der Waals surface area contributed by atoms with Crippen molar-refractivity contribution >= 4 is 17.2 Å². The molecule has 0 bridgehead atoms. The summed E-state index contributed by atoms with van der Waals surface area (Å²) in [5.74, 6) is 0. The van der Waals surface area contributed by atoms with Crippen LogP contribution in [0, 0.1) is 5.41 Å². The number of nitrogens with two attached hydrogens (primary N) is 1. The van der Waals surface area contributed by atoms with E-state index < -0.39 is 11.5 Å². The Morgan fingerprint density at radius 3 is 2.00 bits per heavy atom. The first-order chi connectivity index (χ1) is 3.89. The van der Waals surface area contributed by atoms with Gasteiger partial charge in [0, 0.05) is 5.41 Å². The molecule has 0 amide bonds. The van der Waals surface area contributed by atoms with Crippen LogP contribution < -0.4 is 5.73 Å². The molecule has 1 atom stereocenters. The van der Waals surface area contributed by atoms with Crippen molar-refractivity contribution in [2.75, 3.05) is 0 Å². The summed E-state index contributed by atoms with van der Waals surface area (Å²) in [6.07, 6.45) is -0.477. The van der Waals surface area contributed by atoms with Crippen molar-refractivity contribution < 1.29 is 5.11 Å². The minimum absolute atomic E-state index is 0.359. The van der Waals surface area contributed by atoms with E-state index in [-0.39, 0.29) is 0 Å². The topological polar surface area (TPSA) is 46.2 Å². The number of aliphatic hydroxyl groups excluding tert-OH is 1. The summed E-state index contributed by atoms with van der Waals surface area (Å²) in [4.78, 5) is 0.359. The monoisotopic (exact) mass is 147 g/mol. The summed E-state index contributed by atoms with van der Waals surface area (Å²) in [6.45, 7) is 5.32. The fourth-order valence-electron chi connectivity index (χ4n) is 0.206. The van der Waals surface area contributed by atoms with Crippen LogP contribution in [0.2, 0.25) is 0 Å². The third-order valence-electron chi connectivity index (χ3n) is 1.68. The Balaban J connectivity index is 4.19. The van der Waals surface area contributed by atoms with Crippen molar-refractivity contribution in [3.63, 3.8) is 0 Å². The van der Waals surface area contributed by atoms with Crippen molar-refractivity contribution in [2.24, 2.45) is 11.1 Å². The Hall–Kier alpha value is -0.150. The van der Waals surface area contributed by atoms with Crippen LogP contribution in [0.4, 0.5) is 0 Å². The highest BCUT2D eigenvalue weighted by atomic mass is 32.1. The van der Waals surface area contributed by atoms with Crippen LogP contribution in [-0.2, 0) is 0 Å². The zero-order valence-corrected chi connectivity index (χ0v) is 6.83. The SMILES string of the molecule is CC(O)C(C)(C)C(N)=S. The number of hydrogen-bond donors (Lipinski definition) is 2. The summed E-state index contributed by atoms with van der Waals surface area (Å²) in [5, 5.41) is 9.08. The highest BCUT2D eigenvalue weighted by Crippen LogP contribution is 2.19. The second kappa shape index (κ2) is 2.62. The number of thiocarbonyl (C=S) groups is 1. The minimum Gasteiger partial charge on any atom is -0.393 e. The molecule has 0 aromatic heterocycles. The molecule has 0 aliphatic rings. The minimum atomic E-state index is -0.477. The first-order valence-electron chi connectivity index (χ1n) is 2.87. The van der Waals surface area contributed by atoms with Gasteiger partial charge >= 0.3 is 0 Å². The third-order valence-corrected chi connectivity index (χ3v) is 2.21. The van der Waals surface area contributed by atoms with Crippen LogP contribution in [0.3, 0.4) is 0 Å². The molecule has 0 aromatic rings. The lowest BCUT2D eigenvalue weighted by atomic mass is 9.88. The highest BCUT2D eigenvalue weighted by Gasteiger charge is 2.26. The van der Waals surface area contributed by atoms with Crippen LogP contribution in [-0.4, -0.2) is 16.2 Å². The Bertz CT molecular complexity index is 120. The van der Waals surface area contributed by atoms with Crippen LogP contribution in [0.1, 0.15) is 20.8 Å². The lowest BCUT2D eigenvalue weighted by molar-refractivity contribution is 0.113. The second-order valence-corrected chi connectivity index (χ2v) is 3.20. The molecule has 0 aliphatic heterocycles. The van der Waals surface area contributed by atoms with Crippen LogP contribution in [0.25, 0.3) is 0 Å². The number of aliphatic hydroxyl groups is 1. The van der Waals surface area contributed by atoms with Gasteiger partial charge < -0.3 is 10.8 Å². The van der Waals surface area contributed by atoms with Gasteiger partial charge in [-0.2, -0.15) is 0 Å². The summed E-state index contributed by atoms with van der Waals surface area (Å²) in [7, 11) is 0. The van der Waals surface area contributed by atoms with Crippen molar-refractivity contribution in [3.05, 3.63) is 0 Å². The molecule has 0 saturated heterocycles. The zero-order valence-electron chi connectivity index (χ0n) is 6.01. The van der Waals surface area contributed by atoms with Gasteiger partial charge in [-0.25, -0.2) is 0 Å². The molecule has 0 radical (unpaired) electrons. The van der Waals surface area contributed by atoms with E-state index in [4.69, 9.17) is 23.1 Å². The van der Waals surface area contributed by atoms with Crippen LogP contribution in [0.15, 0.2) is 0 Å². The first-order valence-corrected chi connectivity index (χ1v) is 3.28. The van der Waals surface area contributed by atoms with Crippen LogP contribution >= 0.6 is 12.2 Å². The lowest BCUT2D eigenvalue weighted by Gasteiger charge is -2.25. The summed E-state index contributed by atoms with van der Waals surface area (Å²) in [5.41, 5.74) is 4.91. The fourth-order valence-corrected chi connectivity index (χ4v) is 0.376. The van der Waals surface area contributed by atoms with Crippen molar-refractivity contribution in [2.45, 2.75) is 26.9 Å². The molecule has 0 aromatic carbocycles. The van der Waals surface area contributed by atoms with Gasteiger partial charge in [0.25, 0.3) is 0 Å². The Morgan fingerprint density at radius 2 is 2.00 bits per heavy atom. The molecule has 0 saturated carbocycles. The molecule has 3 heteroatoms. The second-order valence-electron chi connectivity index (χ2n) is 2.76. The van der Waals surface area contributed by atoms with Crippen molar-refractivity contribution in [1.82, 2.24) is 0 Å². The van der Waals surface area contributed by atoms with E-state index >= 15 is 0 Å². The van der Waals surface area contributed by atoms with Gasteiger partial charge in [0.2, 0.25) is 0 Å². The maximum atomic E-state index is 9.08. The van der Waals surface area contributed by atoms with Gasteiger partial charge in [-0.05, 0) is 6.92 Å². The van der Waals surface area contributed by atoms with Gasteiger partial charge in [-0.1, -0.05) is 26.1 Å².